The molecule has 0 aromatic heterocycles. The molecule has 4 unspecified atom stereocenters. The number of fused-ring (bicyclic) bond motifs is 2. The first-order valence-electron chi connectivity index (χ1n) is 11.8. The van der Waals surface area contributed by atoms with Gasteiger partial charge in [-0.05, 0) is 65.7 Å². The van der Waals surface area contributed by atoms with E-state index in [1.165, 1.54) is 0 Å². The fourth-order valence-electron chi connectivity index (χ4n) is 5.03. The van der Waals surface area contributed by atoms with E-state index in [2.05, 4.69) is 5.32 Å². The minimum atomic E-state index is -1.96. The fraction of sp³-hybridized carbons (Fsp3) is 0.739. The summed E-state index contributed by atoms with van der Waals surface area (Å²) in [6, 6.07) is 0. The molecule has 10 nitrogen and oxygen atoms in total. The summed E-state index contributed by atoms with van der Waals surface area (Å²) in [4.78, 5) is 51.5. The number of nitrogens with zero attached hydrogens (tertiary/aromatic N) is 1. The van der Waals surface area contributed by atoms with E-state index in [1.54, 1.807) is 0 Å². The minimum Gasteiger partial charge on any atom is -0.436 e. The smallest absolute Gasteiger partial charge is 0.405 e. The number of carbonyl (C=O) groups excluding carboxylic acids is 4. The van der Waals surface area contributed by atoms with Gasteiger partial charge >= 0.3 is 6.09 Å². The Bertz CT molecular complexity index is 916. The molecule has 5 N–H and O–H groups in total. The first-order valence-corrected chi connectivity index (χ1v) is 13.0. The van der Waals surface area contributed by atoms with Gasteiger partial charge in [0.1, 0.15) is 4.87 Å². The number of nitrogens with one attached hydrogen (secondary N) is 1. The van der Waals surface area contributed by atoms with Crippen molar-refractivity contribution in [3.05, 3.63) is 12.2 Å². The number of rotatable bonds is 3. The van der Waals surface area contributed by atoms with Crippen LogP contribution >= 0.6 is 0 Å². The summed E-state index contributed by atoms with van der Waals surface area (Å²) >= 11 is 0. The van der Waals surface area contributed by atoms with E-state index in [0.717, 1.165) is 24.2 Å². The summed E-state index contributed by atoms with van der Waals surface area (Å²) < 4.78 is 18.0. The highest BCUT2D eigenvalue weighted by molar-refractivity contribution is 7.88. The predicted octanol–water partition coefficient (Wildman–Crippen LogP) is 1.20. The molecule has 0 bridgehead atoms. The lowest BCUT2D eigenvalue weighted by atomic mass is 9.92. The third-order valence-corrected chi connectivity index (χ3v) is 9.19. The minimum absolute atomic E-state index is 0.0297. The van der Waals surface area contributed by atoms with Gasteiger partial charge in [-0.1, -0.05) is 18.6 Å². The highest BCUT2D eigenvalue weighted by Gasteiger charge is 2.65. The highest BCUT2D eigenvalue weighted by Crippen LogP contribution is 2.51. The molecule has 1 aliphatic carbocycles. The Morgan fingerprint density at radius 1 is 1.18 bits per heavy atom. The number of amides is 4. The molecule has 3 rings (SSSR count). The van der Waals surface area contributed by atoms with Crippen LogP contribution in [0.5, 0.6) is 0 Å². The molecule has 0 radical (unpaired) electrons. The van der Waals surface area contributed by atoms with Crippen LogP contribution in [0.3, 0.4) is 0 Å². The maximum Gasteiger partial charge on any atom is 0.405 e. The van der Waals surface area contributed by atoms with Crippen LogP contribution in [-0.4, -0.2) is 60.7 Å². The van der Waals surface area contributed by atoms with E-state index in [4.69, 9.17) is 16.2 Å². The summed E-state index contributed by atoms with van der Waals surface area (Å²) in [6.45, 7) is 5.60. The summed E-state index contributed by atoms with van der Waals surface area (Å²) in [5.41, 5.74) is 8.99. The van der Waals surface area contributed by atoms with Crippen molar-refractivity contribution in [2.45, 2.75) is 93.4 Å². The van der Waals surface area contributed by atoms with E-state index in [0.29, 0.717) is 19.3 Å². The standard InChI is InChI=1S/C23H36N4O6S/c1-21(2,3)34(32)23-14-15(23)10-7-5-4-6-8-11-16(33-20(25)31)17(28)27-13-9-12-22(27,18(24)29)19(30)26-23/h7,10,15-16H,4-6,8-9,11-14H2,1-3H3,(H2,24,29)(H2,25,31)(H,26,30)/b10-7-/t15?,16?,22?,23?,34-/m1/s1. The van der Waals surface area contributed by atoms with Crippen molar-refractivity contribution in [1.82, 2.24) is 10.2 Å². The van der Waals surface area contributed by atoms with Gasteiger partial charge in [0.15, 0.2) is 6.10 Å². The molecule has 2 fully saturated rings. The third-order valence-electron chi connectivity index (χ3n) is 6.84. The van der Waals surface area contributed by atoms with Crippen LogP contribution in [0.2, 0.25) is 0 Å². The second-order valence-corrected chi connectivity index (χ2v) is 12.8. The van der Waals surface area contributed by atoms with Crippen molar-refractivity contribution in [3.8, 4) is 0 Å². The number of hydrogen-bond acceptors (Lipinski definition) is 6. The van der Waals surface area contributed by atoms with Gasteiger partial charge in [0.05, 0.1) is 10.8 Å². The van der Waals surface area contributed by atoms with E-state index < -0.39 is 55.9 Å². The predicted molar refractivity (Wildman–Crippen MR) is 126 cm³/mol. The van der Waals surface area contributed by atoms with Crippen LogP contribution in [0.4, 0.5) is 4.79 Å². The zero-order chi connectivity index (χ0) is 25.3. The van der Waals surface area contributed by atoms with E-state index in [1.807, 2.05) is 32.9 Å². The number of allylic oxidation sites excluding steroid dienone is 1. The fourth-order valence-corrected chi connectivity index (χ4v) is 7.00. The van der Waals surface area contributed by atoms with Gasteiger partial charge in [-0.2, -0.15) is 0 Å². The summed E-state index contributed by atoms with van der Waals surface area (Å²) in [6.07, 6.45) is 5.80. The van der Waals surface area contributed by atoms with Crippen LogP contribution in [0.15, 0.2) is 12.2 Å². The number of primary amides is 2. The Kier molecular flexibility index (Phi) is 7.45. The summed E-state index contributed by atoms with van der Waals surface area (Å²) in [7, 11) is -1.48. The third kappa shape index (κ3) is 4.85. The largest absolute Gasteiger partial charge is 0.436 e. The number of carbonyl (C=O) groups is 4. The monoisotopic (exact) mass is 496 g/mol. The highest BCUT2D eigenvalue weighted by atomic mass is 32.2. The molecular formula is C23H36N4O6S. The Morgan fingerprint density at radius 2 is 1.88 bits per heavy atom. The van der Waals surface area contributed by atoms with Crippen molar-refractivity contribution >= 4 is 34.6 Å². The van der Waals surface area contributed by atoms with Crippen LogP contribution < -0.4 is 16.8 Å². The zero-order valence-electron chi connectivity index (χ0n) is 20.1. The van der Waals surface area contributed by atoms with Gasteiger partial charge in [-0.25, -0.2) is 4.79 Å². The van der Waals surface area contributed by atoms with Crippen molar-refractivity contribution < 1.29 is 28.1 Å². The second kappa shape index (κ2) is 9.67. The quantitative estimate of drug-likeness (QED) is 0.393. The van der Waals surface area contributed by atoms with Gasteiger partial charge in [-0.3, -0.25) is 18.6 Å². The molecule has 11 heteroatoms. The Hall–Kier alpha value is -2.43. The van der Waals surface area contributed by atoms with E-state index in [-0.39, 0.29) is 25.3 Å². The van der Waals surface area contributed by atoms with Crippen molar-refractivity contribution in [1.29, 1.82) is 0 Å². The lowest BCUT2D eigenvalue weighted by Crippen LogP contribution is -2.67. The first-order chi connectivity index (χ1) is 15.9. The van der Waals surface area contributed by atoms with E-state index in [9.17, 15) is 23.4 Å². The molecule has 4 amide bonds. The number of ether oxygens (including phenoxy) is 1. The average molecular weight is 497 g/mol. The van der Waals surface area contributed by atoms with Crippen molar-refractivity contribution in [2.24, 2.45) is 17.4 Å². The molecule has 3 aliphatic rings. The lowest BCUT2D eigenvalue weighted by molar-refractivity contribution is -0.157. The van der Waals surface area contributed by atoms with Crippen molar-refractivity contribution in [3.63, 3.8) is 0 Å². The van der Waals surface area contributed by atoms with Crippen molar-refractivity contribution in [2.75, 3.05) is 6.54 Å². The molecule has 1 saturated heterocycles. The SMILES string of the molecule is CC(C)(C)[S@@](=O)C12CC1/C=C\CCCCCC(OC(N)=O)C(=O)N1CCCC1(C(N)=O)C(=O)N2. The van der Waals surface area contributed by atoms with Gasteiger partial charge in [-0.15, -0.1) is 0 Å². The van der Waals surface area contributed by atoms with Gasteiger partial charge in [0, 0.05) is 17.2 Å². The Labute approximate surface area is 202 Å². The van der Waals surface area contributed by atoms with Crippen LogP contribution in [0.25, 0.3) is 0 Å². The van der Waals surface area contributed by atoms with Crippen LogP contribution in [0, 0.1) is 5.92 Å². The first kappa shape index (κ1) is 26.2. The molecule has 34 heavy (non-hydrogen) atoms. The molecule has 5 atom stereocenters. The topological polar surface area (TPSA) is 162 Å². The van der Waals surface area contributed by atoms with E-state index >= 15 is 0 Å². The molecular weight excluding hydrogens is 460 g/mol. The van der Waals surface area contributed by atoms with Gasteiger partial charge < -0.3 is 26.4 Å². The molecule has 2 heterocycles. The average Bonchev–Trinajstić information content (AvgIpc) is 3.22. The summed E-state index contributed by atoms with van der Waals surface area (Å²) in [5.74, 6) is -2.53. The Balaban J connectivity index is 2.04. The zero-order valence-corrected chi connectivity index (χ0v) is 20.9. The molecule has 190 valence electrons. The molecule has 2 aliphatic heterocycles. The summed E-state index contributed by atoms with van der Waals surface area (Å²) in [5, 5.41) is 2.90. The maximum atomic E-state index is 13.7. The maximum absolute atomic E-state index is 13.7. The molecule has 0 spiro atoms. The molecule has 0 aromatic rings. The van der Waals surface area contributed by atoms with Gasteiger partial charge in [0.25, 0.3) is 17.7 Å². The normalized spacial score (nSPS) is 34.5. The molecule has 1 saturated carbocycles. The molecule has 0 aromatic carbocycles. The van der Waals surface area contributed by atoms with Crippen LogP contribution in [-0.2, 0) is 29.9 Å². The Morgan fingerprint density at radius 3 is 2.50 bits per heavy atom. The lowest BCUT2D eigenvalue weighted by Gasteiger charge is -2.38. The van der Waals surface area contributed by atoms with Crippen LogP contribution in [0.1, 0.15) is 72.1 Å². The number of nitrogens with two attached hydrogens (primary N) is 2. The van der Waals surface area contributed by atoms with Gasteiger partial charge in [0.2, 0.25) is 5.54 Å². The number of hydrogen-bond donors (Lipinski definition) is 3. The second-order valence-electron chi connectivity index (χ2n) is 10.3.